The van der Waals surface area contributed by atoms with E-state index < -0.39 is 6.29 Å². The number of nitrogens with zero attached hydrogens (tertiary/aromatic N) is 1. The first kappa shape index (κ1) is 29.6. The number of urea groups is 1. The van der Waals surface area contributed by atoms with E-state index in [0.29, 0.717) is 23.7 Å². The van der Waals surface area contributed by atoms with Crippen molar-refractivity contribution in [1.29, 1.82) is 0 Å². The molecule has 8 nitrogen and oxygen atoms in total. The van der Waals surface area contributed by atoms with Crippen molar-refractivity contribution in [3.8, 4) is 0 Å². The highest BCUT2D eigenvalue weighted by Crippen LogP contribution is 2.55. The van der Waals surface area contributed by atoms with Crippen molar-refractivity contribution < 1.29 is 24.1 Å². The van der Waals surface area contributed by atoms with Gasteiger partial charge in [-0.1, -0.05) is 60.3 Å². The van der Waals surface area contributed by atoms with Crippen LogP contribution < -0.4 is 15.4 Å². The molecule has 0 unspecified atom stereocenters. The maximum Gasteiger partial charge on any atom is 0.315 e. The van der Waals surface area contributed by atoms with Crippen LogP contribution in [-0.2, 0) is 22.6 Å². The van der Waals surface area contributed by atoms with Crippen molar-refractivity contribution in [2.75, 3.05) is 5.75 Å². The fourth-order valence-corrected chi connectivity index (χ4v) is 9.18. The van der Waals surface area contributed by atoms with Crippen LogP contribution in [0.25, 0.3) is 0 Å². The van der Waals surface area contributed by atoms with Gasteiger partial charge < -0.3 is 30.4 Å². The van der Waals surface area contributed by atoms with Crippen LogP contribution in [0.5, 0.6) is 0 Å². The zero-order chi connectivity index (χ0) is 30.1. The second-order valence-corrected chi connectivity index (χ2v) is 14.3. The number of ether oxygens (including phenoxy) is 2. The van der Waals surface area contributed by atoms with Gasteiger partial charge in [-0.05, 0) is 79.0 Å². The molecular weight excluding hydrogens is 574 g/mol. The van der Waals surface area contributed by atoms with E-state index in [1.165, 1.54) is 37.2 Å². The van der Waals surface area contributed by atoms with Crippen LogP contribution in [0.15, 0.2) is 78.0 Å². The first-order valence-electron chi connectivity index (χ1n) is 15.9. The first-order valence-corrected chi connectivity index (χ1v) is 16.9. The fourth-order valence-electron chi connectivity index (χ4n) is 8.25. The summed E-state index contributed by atoms with van der Waals surface area (Å²) in [6.45, 7) is 0.449. The Kier molecular flexibility index (Phi) is 8.55. The van der Waals surface area contributed by atoms with E-state index in [4.69, 9.17) is 9.47 Å². The second-order valence-electron chi connectivity index (χ2n) is 13.3. The molecular formula is C35H41N3O5S. The number of amides is 2. The van der Waals surface area contributed by atoms with Crippen molar-refractivity contribution in [1.82, 2.24) is 10.6 Å². The molecule has 0 spiro atoms. The molecule has 2 amide bonds. The summed E-state index contributed by atoms with van der Waals surface area (Å²) in [6.07, 6.45) is 8.71. The van der Waals surface area contributed by atoms with Crippen molar-refractivity contribution in [3.05, 3.63) is 100 Å². The number of hydrogen-bond donors (Lipinski definition) is 3. The Bertz CT molecular complexity index is 1410. The SMILES string of the molecule is O=C(NCc1ccc([C@H]2O[C@@H](CSc3cccc[n+]3[O-])C[C@@H](c3ccc(CO)cc3)O2)cc1)NC12CC3CC(CC(C3)C1)C2. The van der Waals surface area contributed by atoms with Crippen LogP contribution in [0, 0.1) is 23.0 Å². The van der Waals surface area contributed by atoms with Gasteiger partial charge >= 0.3 is 6.03 Å². The zero-order valence-electron chi connectivity index (χ0n) is 24.9. The predicted molar refractivity (Wildman–Crippen MR) is 167 cm³/mol. The summed E-state index contributed by atoms with van der Waals surface area (Å²) >= 11 is 1.48. The van der Waals surface area contributed by atoms with Gasteiger partial charge in [0, 0.05) is 42.0 Å². The average Bonchev–Trinajstić information content (AvgIpc) is 3.03. The summed E-state index contributed by atoms with van der Waals surface area (Å²) in [6, 6.07) is 21.2. The predicted octanol–water partition coefficient (Wildman–Crippen LogP) is 5.92. The van der Waals surface area contributed by atoms with Crippen LogP contribution in [0.2, 0.25) is 0 Å². The molecule has 5 aliphatic rings. The molecule has 3 N–H and O–H groups in total. The lowest BCUT2D eigenvalue weighted by Crippen LogP contribution is -2.61. The highest BCUT2D eigenvalue weighted by atomic mass is 32.2. The number of hydrogen-bond acceptors (Lipinski definition) is 6. The average molecular weight is 616 g/mol. The quantitative estimate of drug-likeness (QED) is 0.157. The summed E-state index contributed by atoms with van der Waals surface area (Å²) in [5.74, 6) is 2.98. The van der Waals surface area contributed by atoms with Gasteiger partial charge in [0.15, 0.2) is 12.5 Å². The molecule has 8 rings (SSSR count). The van der Waals surface area contributed by atoms with Gasteiger partial charge in [-0.15, -0.1) is 0 Å². The monoisotopic (exact) mass is 615 g/mol. The van der Waals surface area contributed by atoms with E-state index in [1.807, 2.05) is 60.7 Å². The van der Waals surface area contributed by atoms with E-state index in [-0.39, 0.29) is 30.4 Å². The Morgan fingerprint density at radius 3 is 2.20 bits per heavy atom. The van der Waals surface area contributed by atoms with Crippen LogP contribution >= 0.6 is 11.8 Å². The normalized spacial score (nSPS) is 30.7. The third kappa shape index (κ3) is 6.61. The smallest absolute Gasteiger partial charge is 0.315 e. The van der Waals surface area contributed by atoms with Gasteiger partial charge in [-0.3, -0.25) is 0 Å². The molecule has 3 aromatic rings. The minimum atomic E-state index is -0.576. The molecule has 4 bridgehead atoms. The number of aromatic nitrogens is 1. The molecule has 0 radical (unpaired) electrons. The van der Waals surface area contributed by atoms with Crippen LogP contribution in [-0.4, -0.2) is 28.5 Å². The number of rotatable bonds is 9. The fraction of sp³-hybridized carbons (Fsp3) is 0.486. The molecule has 44 heavy (non-hydrogen) atoms. The zero-order valence-corrected chi connectivity index (χ0v) is 25.7. The Labute approximate surface area is 263 Å². The third-order valence-electron chi connectivity index (χ3n) is 9.94. The highest BCUT2D eigenvalue weighted by Gasteiger charge is 2.51. The molecule has 232 valence electrons. The Hall–Kier alpha value is -3.11. The number of carbonyl (C=O) groups excluding carboxylic acids is 1. The number of benzene rings is 2. The van der Waals surface area contributed by atoms with Crippen LogP contribution in [0.3, 0.4) is 0 Å². The lowest BCUT2D eigenvalue weighted by atomic mass is 9.53. The standard InChI is InChI=1S/C35H41N3O5S/c39-21-24-6-8-28(9-7-24)31-16-30(22-44-32-3-1-2-12-38(32)41)42-33(43-31)29-10-4-23(5-11-29)20-36-34(40)37-35-17-25-13-26(18-35)15-27(14-25)19-35/h1-12,25-27,30-31,33,39H,13-22H2,(H2,36,37,40)/t25?,26?,27?,30-,31+,33+,35?/m1/s1. The van der Waals surface area contributed by atoms with Crippen LogP contribution in [0.1, 0.15) is 79.6 Å². The molecule has 1 aliphatic heterocycles. The number of aliphatic hydroxyl groups is 1. The topological polar surface area (TPSA) is 107 Å². The lowest BCUT2D eigenvalue weighted by molar-refractivity contribution is -0.645. The van der Waals surface area contributed by atoms with Gasteiger partial charge in [0.2, 0.25) is 0 Å². The number of pyridine rings is 1. The van der Waals surface area contributed by atoms with Crippen molar-refractivity contribution in [2.45, 2.75) is 87.2 Å². The largest absolute Gasteiger partial charge is 0.618 e. The summed E-state index contributed by atoms with van der Waals surface area (Å²) in [5, 5.41) is 28.8. The Balaban J connectivity index is 0.989. The first-order chi connectivity index (χ1) is 21.4. The molecule has 5 fully saturated rings. The molecule has 2 aromatic carbocycles. The van der Waals surface area contributed by atoms with Gasteiger partial charge in [0.1, 0.15) is 0 Å². The maximum atomic E-state index is 12.9. The lowest BCUT2D eigenvalue weighted by Gasteiger charge is -2.56. The summed E-state index contributed by atoms with van der Waals surface area (Å²) in [4.78, 5) is 12.9. The van der Waals surface area contributed by atoms with Gasteiger partial charge in [-0.25, -0.2) is 4.79 Å². The number of aliphatic hydroxyl groups excluding tert-OH is 1. The molecule has 2 heterocycles. The summed E-state index contributed by atoms with van der Waals surface area (Å²) < 4.78 is 13.8. The van der Waals surface area contributed by atoms with Crippen LogP contribution in [0.4, 0.5) is 4.79 Å². The van der Waals surface area contributed by atoms with E-state index >= 15 is 0 Å². The number of carbonyl (C=O) groups is 1. The van der Waals surface area contributed by atoms with E-state index in [0.717, 1.165) is 64.0 Å². The number of nitrogens with one attached hydrogen (secondary N) is 2. The van der Waals surface area contributed by atoms with Gasteiger partial charge in [0.05, 0.1) is 18.8 Å². The van der Waals surface area contributed by atoms with E-state index in [9.17, 15) is 15.1 Å². The second kappa shape index (κ2) is 12.7. The van der Waals surface area contributed by atoms with Crippen molar-refractivity contribution in [3.63, 3.8) is 0 Å². The summed E-state index contributed by atoms with van der Waals surface area (Å²) in [5.41, 5.74) is 3.78. The van der Waals surface area contributed by atoms with Gasteiger partial charge in [0.25, 0.3) is 5.03 Å². The molecule has 4 aliphatic carbocycles. The van der Waals surface area contributed by atoms with Crippen molar-refractivity contribution >= 4 is 17.8 Å². The molecule has 4 saturated carbocycles. The molecule has 3 atom stereocenters. The number of thioether (sulfide) groups is 1. The highest BCUT2D eigenvalue weighted by molar-refractivity contribution is 7.99. The van der Waals surface area contributed by atoms with Gasteiger partial charge in [-0.2, -0.15) is 4.73 Å². The molecule has 9 heteroatoms. The minimum Gasteiger partial charge on any atom is -0.618 e. The summed E-state index contributed by atoms with van der Waals surface area (Å²) in [7, 11) is 0. The van der Waals surface area contributed by atoms with E-state index in [2.05, 4.69) is 10.6 Å². The Morgan fingerprint density at radius 2 is 1.55 bits per heavy atom. The molecule has 1 saturated heterocycles. The minimum absolute atomic E-state index is 0.00338. The molecule has 1 aromatic heterocycles. The van der Waals surface area contributed by atoms with E-state index in [1.54, 1.807) is 6.07 Å². The Morgan fingerprint density at radius 1 is 0.886 bits per heavy atom. The maximum absolute atomic E-state index is 12.9. The van der Waals surface area contributed by atoms with Crippen molar-refractivity contribution in [2.24, 2.45) is 17.8 Å². The third-order valence-corrected chi connectivity index (χ3v) is 11.1.